The number of thiophene rings is 1. The first-order valence-corrected chi connectivity index (χ1v) is 6.53. The molecule has 0 bridgehead atoms. The zero-order valence-corrected chi connectivity index (χ0v) is 11.3. The Morgan fingerprint density at radius 1 is 1.21 bits per heavy atom. The van der Waals surface area contributed by atoms with Gasteiger partial charge in [-0.2, -0.15) is 0 Å². The fourth-order valence-electron chi connectivity index (χ4n) is 1.88. The van der Waals surface area contributed by atoms with Crippen LogP contribution in [-0.2, 0) is 0 Å². The molecule has 0 aliphatic carbocycles. The molecule has 0 atom stereocenters. The molecule has 0 spiro atoms. The average molecular weight is 272 g/mol. The average Bonchev–Trinajstić information content (AvgIpc) is 2.74. The number of nitrogen functional groups attached to an aromatic ring is 1. The largest absolute Gasteiger partial charge is 0.308 e. The second kappa shape index (κ2) is 4.52. The normalized spacial score (nSPS) is 10.9. The summed E-state index contributed by atoms with van der Waals surface area (Å²) in [7, 11) is 0. The highest BCUT2D eigenvalue weighted by Crippen LogP contribution is 2.34. The van der Waals surface area contributed by atoms with Gasteiger partial charge in [0.15, 0.2) is 11.6 Å². The van der Waals surface area contributed by atoms with Gasteiger partial charge in [-0.05, 0) is 19.4 Å². The molecular formula is C12H12N6S. The van der Waals surface area contributed by atoms with Crippen LogP contribution in [0.2, 0.25) is 0 Å². The number of aryl methyl sites for hydroxylation is 2. The second-order valence-corrected chi connectivity index (χ2v) is 5.30. The predicted octanol–water partition coefficient (Wildman–Crippen LogP) is 2.05. The van der Waals surface area contributed by atoms with Gasteiger partial charge < -0.3 is 5.43 Å². The Hall–Kier alpha value is -2.12. The van der Waals surface area contributed by atoms with E-state index in [9.17, 15) is 0 Å². The van der Waals surface area contributed by atoms with E-state index in [0.29, 0.717) is 17.3 Å². The molecule has 3 heterocycles. The second-order valence-electron chi connectivity index (χ2n) is 4.09. The Labute approximate surface area is 113 Å². The summed E-state index contributed by atoms with van der Waals surface area (Å²) in [6, 6.07) is 0. The molecule has 3 rings (SSSR count). The Bertz CT molecular complexity index is 737. The van der Waals surface area contributed by atoms with E-state index in [0.717, 1.165) is 15.8 Å². The van der Waals surface area contributed by atoms with Crippen LogP contribution in [-0.4, -0.2) is 19.9 Å². The molecule has 3 aromatic heterocycles. The monoisotopic (exact) mass is 272 g/mol. The number of nitrogens with one attached hydrogen (secondary N) is 1. The first-order chi connectivity index (χ1) is 9.20. The molecule has 3 N–H and O–H groups in total. The van der Waals surface area contributed by atoms with E-state index in [-0.39, 0.29) is 0 Å². The van der Waals surface area contributed by atoms with Gasteiger partial charge in [-0.15, -0.1) is 11.3 Å². The zero-order chi connectivity index (χ0) is 13.4. The van der Waals surface area contributed by atoms with Crippen LogP contribution in [0.3, 0.4) is 0 Å². The Balaban J connectivity index is 2.29. The summed E-state index contributed by atoms with van der Waals surface area (Å²) in [6.45, 7) is 4.10. The molecule has 0 saturated carbocycles. The van der Waals surface area contributed by atoms with Crippen LogP contribution in [0.1, 0.15) is 10.4 Å². The van der Waals surface area contributed by atoms with Crippen molar-refractivity contribution < 1.29 is 0 Å². The summed E-state index contributed by atoms with van der Waals surface area (Å²) in [5, 5.41) is 0.970. The molecule has 96 valence electrons. The Morgan fingerprint density at radius 3 is 2.74 bits per heavy atom. The molecule has 19 heavy (non-hydrogen) atoms. The number of hydrogen-bond acceptors (Lipinski definition) is 7. The van der Waals surface area contributed by atoms with Crippen molar-refractivity contribution in [2.45, 2.75) is 13.8 Å². The number of rotatable bonds is 2. The van der Waals surface area contributed by atoms with Crippen LogP contribution >= 0.6 is 11.3 Å². The van der Waals surface area contributed by atoms with Crippen molar-refractivity contribution in [1.82, 2.24) is 19.9 Å². The first-order valence-electron chi connectivity index (χ1n) is 5.71. The minimum Gasteiger partial charge on any atom is -0.308 e. The van der Waals surface area contributed by atoms with E-state index in [2.05, 4.69) is 32.3 Å². The fourth-order valence-corrected chi connectivity index (χ4v) is 2.91. The minimum absolute atomic E-state index is 0.523. The van der Waals surface area contributed by atoms with Gasteiger partial charge in [-0.1, -0.05) is 0 Å². The quantitative estimate of drug-likeness (QED) is 0.548. The Morgan fingerprint density at radius 2 is 2.05 bits per heavy atom. The molecule has 0 fully saturated rings. The van der Waals surface area contributed by atoms with Crippen LogP contribution in [0.25, 0.3) is 21.7 Å². The maximum absolute atomic E-state index is 5.57. The number of hydrogen-bond donors (Lipinski definition) is 2. The molecule has 7 heteroatoms. The van der Waals surface area contributed by atoms with Gasteiger partial charge in [-0.3, -0.25) is 4.98 Å². The van der Waals surface area contributed by atoms with Crippen molar-refractivity contribution in [1.29, 1.82) is 0 Å². The summed E-state index contributed by atoms with van der Waals surface area (Å²) in [6.07, 6.45) is 4.86. The number of fused-ring (bicyclic) bond motifs is 1. The van der Waals surface area contributed by atoms with E-state index in [4.69, 9.17) is 5.84 Å². The Kier molecular flexibility index (Phi) is 2.84. The third-order valence-corrected chi connectivity index (χ3v) is 4.06. The maximum atomic E-state index is 5.57. The third-order valence-electron chi connectivity index (χ3n) is 2.96. The van der Waals surface area contributed by atoms with Gasteiger partial charge in [0, 0.05) is 17.3 Å². The van der Waals surface area contributed by atoms with E-state index >= 15 is 0 Å². The lowest BCUT2D eigenvalue weighted by Crippen LogP contribution is -2.10. The van der Waals surface area contributed by atoms with Crippen molar-refractivity contribution in [2.24, 2.45) is 5.84 Å². The summed E-state index contributed by atoms with van der Waals surface area (Å²) in [4.78, 5) is 19.3. The SMILES string of the molecule is Cc1sc2nc(-c3cnccn3)nc(NN)c2c1C. The maximum Gasteiger partial charge on any atom is 0.183 e. The summed E-state index contributed by atoms with van der Waals surface area (Å²) in [5.41, 5.74) is 4.42. The molecule has 0 radical (unpaired) electrons. The number of anilines is 1. The minimum atomic E-state index is 0.523. The lowest BCUT2D eigenvalue weighted by molar-refractivity contribution is 1.13. The summed E-state index contributed by atoms with van der Waals surface area (Å²) >= 11 is 1.62. The first kappa shape index (κ1) is 11.9. The topological polar surface area (TPSA) is 89.6 Å². The number of nitrogens with two attached hydrogens (primary N) is 1. The highest BCUT2D eigenvalue weighted by atomic mass is 32.1. The van der Waals surface area contributed by atoms with Gasteiger partial charge >= 0.3 is 0 Å². The van der Waals surface area contributed by atoms with E-state index in [1.807, 2.05) is 6.92 Å². The van der Waals surface area contributed by atoms with E-state index in [1.54, 1.807) is 29.9 Å². The molecule has 0 unspecified atom stereocenters. The van der Waals surface area contributed by atoms with Crippen molar-refractivity contribution in [3.05, 3.63) is 29.0 Å². The summed E-state index contributed by atoms with van der Waals surface area (Å²) < 4.78 is 0. The lowest BCUT2D eigenvalue weighted by Gasteiger charge is -2.05. The van der Waals surface area contributed by atoms with Crippen molar-refractivity contribution in [3.63, 3.8) is 0 Å². The van der Waals surface area contributed by atoms with E-state index in [1.165, 1.54) is 4.88 Å². The molecular weight excluding hydrogens is 260 g/mol. The van der Waals surface area contributed by atoms with Crippen LogP contribution < -0.4 is 11.3 Å². The van der Waals surface area contributed by atoms with Gasteiger partial charge in [0.1, 0.15) is 10.5 Å². The highest BCUT2D eigenvalue weighted by Gasteiger charge is 2.15. The zero-order valence-electron chi connectivity index (χ0n) is 10.5. The van der Waals surface area contributed by atoms with Gasteiger partial charge in [0.2, 0.25) is 0 Å². The van der Waals surface area contributed by atoms with Crippen molar-refractivity contribution >= 4 is 27.4 Å². The van der Waals surface area contributed by atoms with Crippen LogP contribution in [0, 0.1) is 13.8 Å². The smallest absolute Gasteiger partial charge is 0.183 e. The molecule has 3 aromatic rings. The number of hydrazine groups is 1. The summed E-state index contributed by atoms with van der Waals surface area (Å²) in [5.74, 6) is 6.71. The third kappa shape index (κ3) is 1.92. The lowest BCUT2D eigenvalue weighted by atomic mass is 10.2. The van der Waals surface area contributed by atoms with Gasteiger partial charge in [0.05, 0.1) is 11.6 Å². The fraction of sp³-hybridized carbons (Fsp3) is 0.167. The number of nitrogens with zero attached hydrogens (tertiary/aromatic N) is 4. The van der Waals surface area contributed by atoms with Crippen LogP contribution in [0.15, 0.2) is 18.6 Å². The molecule has 0 amide bonds. The highest BCUT2D eigenvalue weighted by molar-refractivity contribution is 7.18. The predicted molar refractivity (Wildman–Crippen MR) is 75.7 cm³/mol. The molecule has 0 aliphatic rings. The molecule has 0 aromatic carbocycles. The van der Waals surface area contributed by atoms with Gasteiger partial charge in [0.25, 0.3) is 0 Å². The standard InChI is InChI=1S/C12H12N6S/c1-6-7(2)19-12-9(6)11(18-13)16-10(17-12)8-5-14-3-4-15-8/h3-5H,13H2,1-2H3,(H,16,17,18). The van der Waals surface area contributed by atoms with E-state index < -0.39 is 0 Å². The van der Waals surface area contributed by atoms with Crippen LogP contribution in [0.4, 0.5) is 5.82 Å². The molecule has 0 aliphatic heterocycles. The molecule has 6 nitrogen and oxygen atoms in total. The molecule has 0 saturated heterocycles. The number of aromatic nitrogens is 4. The van der Waals surface area contributed by atoms with Crippen LogP contribution in [0.5, 0.6) is 0 Å². The van der Waals surface area contributed by atoms with Crippen molar-refractivity contribution in [2.75, 3.05) is 5.43 Å². The van der Waals surface area contributed by atoms with Crippen molar-refractivity contribution in [3.8, 4) is 11.5 Å². The van der Waals surface area contributed by atoms with Gasteiger partial charge in [-0.25, -0.2) is 20.8 Å².